The number of carboxylic acid groups (broad SMARTS) is 1. The van der Waals surface area contributed by atoms with Crippen molar-refractivity contribution in [3.63, 3.8) is 0 Å². The molecule has 0 atom stereocenters. The molecule has 2 rings (SSSR count). The Morgan fingerprint density at radius 2 is 2.28 bits per heavy atom. The van der Waals surface area contributed by atoms with Crippen LogP contribution in [0.15, 0.2) is 12.4 Å². The Kier molecular flexibility index (Phi) is 3.50. The number of nitrogens with one attached hydrogen (secondary N) is 1. The van der Waals surface area contributed by atoms with Crippen molar-refractivity contribution in [3.8, 4) is 0 Å². The van der Waals surface area contributed by atoms with E-state index in [0.717, 1.165) is 12.8 Å². The van der Waals surface area contributed by atoms with Crippen molar-refractivity contribution >= 4 is 12.0 Å². The number of imidazole rings is 1. The first-order chi connectivity index (χ1) is 8.58. The highest BCUT2D eigenvalue weighted by molar-refractivity contribution is 5.80. The number of nitrogens with zero attached hydrogens (tertiary/aromatic N) is 3. The van der Waals surface area contributed by atoms with E-state index < -0.39 is 5.97 Å². The molecule has 98 valence electrons. The zero-order valence-electron chi connectivity index (χ0n) is 10.2. The van der Waals surface area contributed by atoms with E-state index in [-0.39, 0.29) is 18.6 Å². The Bertz CT molecular complexity index is 428. The zero-order valence-corrected chi connectivity index (χ0v) is 10.2. The molecule has 1 aromatic heterocycles. The van der Waals surface area contributed by atoms with E-state index in [1.54, 1.807) is 19.4 Å². The van der Waals surface area contributed by atoms with Crippen LogP contribution >= 0.6 is 0 Å². The quantitative estimate of drug-likeness (QED) is 0.799. The SMILES string of the molecule is CN(Cc1ncc[nH]1)C(=O)N(CC(=O)O)C1CC1. The third kappa shape index (κ3) is 2.99. The van der Waals surface area contributed by atoms with E-state index in [9.17, 15) is 9.59 Å². The molecule has 7 nitrogen and oxygen atoms in total. The van der Waals surface area contributed by atoms with E-state index in [1.165, 1.54) is 9.80 Å². The van der Waals surface area contributed by atoms with Gasteiger partial charge in [0, 0.05) is 25.5 Å². The molecule has 1 heterocycles. The van der Waals surface area contributed by atoms with Crippen molar-refractivity contribution in [2.24, 2.45) is 0 Å². The Morgan fingerprint density at radius 1 is 1.56 bits per heavy atom. The van der Waals surface area contributed by atoms with Gasteiger partial charge in [-0.25, -0.2) is 9.78 Å². The van der Waals surface area contributed by atoms with Crippen LogP contribution in [0.25, 0.3) is 0 Å². The standard InChI is InChI=1S/C11H16N4O3/c1-14(6-9-12-4-5-13-9)11(18)15(7-10(16)17)8-2-3-8/h4-5,8H,2-3,6-7H2,1H3,(H,12,13)(H,16,17). The molecule has 0 bridgehead atoms. The van der Waals surface area contributed by atoms with E-state index in [0.29, 0.717) is 12.4 Å². The molecule has 1 aromatic rings. The second-order valence-corrected chi connectivity index (χ2v) is 4.43. The molecule has 0 spiro atoms. The zero-order chi connectivity index (χ0) is 13.1. The van der Waals surface area contributed by atoms with Gasteiger partial charge in [-0.1, -0.05) is 0 Å². The highest BCUT2D eigenvalue weighted by Crippen LogP contribution is 2.27. The Balaban J connectivity index is 1.96. The van der Waals surface area contributed by atoms with Gasteiger partial charge in [-0.2, -0.15) is 0 Å². The average Bonchev–Trinajstić information content (AvgIpc) is 3.04. The minimum absolute atomic E-state index is 0.0765. The van der Waals surface area contributed by atoms with Crippen LogP contribution in [0.4, 0.5) is 4.79 Å². The molecule has 2 N–H and O–H groups in total. The number of H-pyrrole nitrogens is 1. The van der Waals surface area contributed by atoms with Crippen LogP contribution in [-0.4, -0.2) is 56.5 Å². The predicted molar refractivity (Wildman–Crippen MR) is 62.8 cm³/mol. The van der Waals surface area contributed by atoms with Gasteiger partial charge in [-0.3, -0.25) is 4.79 Å². The van der Waals surface area contributed by atoms with Gasteiger partial charge in [0.15, 0.2) is 0 Å². The predicted octanol–water partition coefficient (Wildman–Crippen LogP) is 0.510. The Labute approximate surface area is 104 Å². The van der Waals surface area contributed by atoms with Crippen LogP contribution in [0.3, 0.4) is 0 Å². The van der Waals surface area contributed by atoms with Crippen LogP contribution in [-0.2, 0) is 11.3 Å². The molecule has 0 unspecified atom stereocenters. The van der Waals surface area contributed by atoms with Crippen molar-refractivity contribution in [2.45, 2.75) is 25.4 Å². The molecule has 1 aliphatic rings. The molecule has 18 heavy (non-hydrogen) atoms. The first-order valence-electron chi connectivity index (χ1n) is 5.79. The average molecular weight is 252 g/mol. The van der Waals surface area contributed by atoms with Crippen LogP contribution in [0.1, 0.15) is 18.7 Å². The van der Waals surface area contributed by atoms with Crippen LogP contribution in [0.5, 0.6) is 0 Å². The second kappa shape index (κ2) is 5.07. The van der Waals surface area contributed by atoms with Crippen molar-refractivity contribution in [3.05, 3.63) is 18.2 Å². The third-order valence-electron chi connectivity index (χ3n) is 2.81. The van der Waals surface area contributed by atoms with E-state index in [2.05, 4.69) is 9.97 Å². The van der Waals surface area contributed by atoms with Crippen LogP contribution in [0, 0.1) is 0 Å². The summed E-state index contributed by atoms with van der Waals surface area (Å²) >= 11 is 0. The summed E-state index contributed by atoms with van der Waals surface area (Å²) in [6.45, 7) is 0.0979. The summed E-state index contributed by atoms with van der Waals surface area (Å²) in [5.74, 6) is -0.307. The summed E-state index contributed by atoms with van der Waals surface area (Å²) in [5.41, 5.74) is 0. The van der Waals surface area contributed by atoms with E-state index in [4.69, 9.17) is 5.11 Å². The lowest BCUT2D eigenvalue weighted by Crippen LogP contribution is -2.44. The fourth-order valence-electron chi connectivity index (χ4n) is 1.78. The molecule has 0 aliphatic heterocycles. The van der Waals surface area contributed by atoms with Crippen molar-refractivity contribution < 1.29 is 14.7 Å². The number of carbonyl (C=O) groups excluding carboxylic acids is 1. The minimum atomic E-state index is -0.985. The fraction of sp³-hybridized carbons (Fsp3) is 0.545. The summed E-state index contributed by atoms with van der Waals surface area (Å²) in [4.78, 5) is 32.7. The van der Waals surface area contributed by atoms with Crippen molar-refractivity contribution in [2.75, 3.05) is 13.6 Å². The van der Waals surface area contributed by atoms with Gasteiger partial charge in [0.2, 0.25) is 0 Å². The molecule has 1 fully saturated rings. The van der Waals surface area contributed by atoms with Crippen molar-refractivity contribution in [1.29, 1.82) is 0 Å². The summed E-state index contributed by atoms with van der Waals surface area (Å²) < 4.78 is 0. The number of carboxylic acids is 1. The number of carbonyl (C=O) groups is 2. The maximum absolute atomic E-state index is 12.1. The maximum atomic E-state index is 12.1. The molecule has 0 saturated heterocycles. The Morgan fingerprint density at radius 3 is 2.78 bits per heavy atom. The Hall–Kier alpha value is -2.05. The topological polar surface area (TPSA) is 89.5 Å². The van der Waals surface area contributed by atoms with Crippen molar-refractivity contribution in [1.82, 2.24) is 19.8 Å². The van der Waals surface area contributed by atoms with Gasteiger partial charge in [0.25, 0.3) is 0 Å². The number of aromatic amines is 1. The van der Waals surface area contributed by atoms with Gasteiger partial charge in [-0.05, 0) is 12.8 Å². The smallest absolute Gasteiger partial charge is 0.323 e. The highest BCUT2D eigenvalue weighted by Gasteiger charge is 2.35. The van der Waals surface area contributed by atoms with Gasteiger partial charge in [-0.15, -0.1) is 0 Å². The first-order valence-corrected chi connectivity index (χ1v) is 5.79. The lowest BCUT2D eigenvalue weighted by atomic mass is 10.4. The van der Waals surface area contributed by atoms with Crippen LogP contribution in [0.2, 0.25) is 0 Å². The summed E-state index contributed by atoms with van der Waals surface area (Å²) in [5, 5.41) is 8.82. The molecular formula is C11H16N4O3. The lowest BCUT2D eigenvalue weighted by Gasteiger charge is -2.26. The first kappa shape index (κ1) is 12.4. The number of hydrogen-bond acceptors (Lipinski definition) is 3. The molecule has 7 heteroatoms. The van der Waals surface area contributed by atoms with Gasteiger partial charge >= 0.3 is 12.0 Å². The largest absolute Gasteiger partial charge is 0.480 e. The summed E-state index contributed by atoms with van der Waals surface area (Å²) in [7, 11) is 1.64. The number of hydrogen-bond donors (Lipinski definition) is 2. The molecule has 1 aliphatic carbocycles. The number of amides is 2. The summed E-state index contributed by atoms with van der Waals surface area (Å²) in [6, 6.07) is -0.191. The van der Waals surface area contributed by atoms with Gasteiger partial charge < -0.3 is 19.9 Å². The monoisotopic (exact) mass is 252 g/mol. The van der Waals surface area contributed by atoms with Gasteiger partial charge in [0.1, 0.15) is 12.4 Å². The number of aromatic nitrogens is 2. The molecule has 2 amide bonds. The lowest BCUT2D eigenvalue weighted by molar-refractivity contribution is -0.137. The van der Waals surface area contributed by atoms with Crippen LogP contribution < -0.4 is 0 Å². The number of rotatable bonds is 5. The third-order valence-corrected chi connectivity index (χ3v) is 2.81. The fourth-order valence-corrected chi connectivity index (χ4v) is 1.78. The number of urea groups is 1. The normalized spacial score (nSPS) is 14.3. The van der Waals surface area contributed by atoms with E-state index in [1.807, 2.05) is 0 Å². The van der Waals surface area contributed by atoms with Gasteiger partial charge in [0.05, 0.1) is 6.54 Å². The number of aliphatic carboxylic acids is 1. The molecule has 0 radical (unpaired) electrons. The van der Waals surface area contributed by atoms with E-state index >= 15 is 0 Å². The minimum Gasteiger partial charge on any atom is -0.480 e. The molecule has 0 aromatic carbocycles. The molecule has 1 saturated carbocycles. The summed E-state index contributed by atoms with van der Waals surface area (Å²) in [6.07, 6.45) is 5.06. The second-order valence-electron chi connectivity index (χ2n) is 4.43. The highest BCUT2D eigenvalue weighted by atomic mass is 16.4. The molecular weight excluding hydrogens is 236 g/mol. The maximum Gasteiger partial charge on any atom is 0.323 e.